The maximum Gasteiger partial charge on any atom is 0.0108 e. The molecule has 0 aliphatic heterocycles. The summed E-state index contributed by atoms with van der Waals surface area (Å²) in [5, 5.41) is 3.72. The van der Waals surface area contributed by atoms with Crippen LogP contribution < -0.4 is 5.32 Å². The van der Waals surface area contributed by atoms with Gasteiger partial charge in [0.05, 0.1) is 0 Å². The lowest BCUT2D eigenvalue weighted by molar-refractivity contribution is 0.109. The minimum atomic E-state index is 0.543. The summed E-state index contributed by atoms with van der Waals surface area (Å²) < 4.78 is 0. The van der Waals surface area contributed by atoms with Crippen molar-refractivity contribution in [2.75, 3.05) is 26.7 Å². The molecule has 2 heteroatoms. The molecule has 0 heterocycles. The van der Waals surface area contributed by atoms with Gasteiger partial charge in [-0.05, 0) is 57.2 Å². The molecule has 1 rings (SSSR count). The Labute approximate surface area is 121 Å². The number of hydrogen-bond acceptors (Lipinski definition) is 2. The van der Waals surface area contributed by atoms with Crippen LogP contribution in [0, 0.1) is 11.3 Å². The lowest BCUT2D eigenvalue weighted by atomic mass is 9.69. The Morgan fingerprint density at radius 3 is 2.58 bits per heavy atom. The van der Waals surface area contributed by atoms with Crippen LogP contribution in [0.1, 0.15) is 66.2 Å². The van der Waals surface area contributed by atoms with Crippen molar-refractivity contribution >= 4 is 0 Å². The first-order valence-electron chi connectivity index (χ1n) is 8.40. The summed E-state index contributed by atoms with van der Waals surface area (Å²) in [6.45, 7) is 13.1. The van der Waals surface area contributed by atoms with Gasteiger partial charge in [0, 0.05) is 12.6 Å². The Hall–Kier alpha value is -0.0800. The first kappa shape index (κ1) is 17.0. The first-order chi connectivity index (χ1) is 8.98. The van der Waals surface area contributed by atoms with E-state index in [1.54, 1.807) is 0 Å². The molecule has 0 aromatic carbocycles. The van der Waals surface area contributed by atoms with E-state index >= 15 is 0 Å². The molecule has 2 unspecified atom stereocenters. The highest BCUT2D eigenvalue weighted by Crippen LogP contribution is 2.39. The van der Waals surface area contributed by atoms with Crippen LogP contribution in [0.3, 0.4) is 0 Å². The van der Waals surface area contributed by atoms with Crippen LogP contribution in [0.15, 0.2) is 0 Å². The first-order valence-corrected chi connectivity index (χ1v) is 8.40. The van der Waals surface area contributed by atoms with E-state index in [0.717, 1.165) is 18.5 Å². The van der Waals surface area contributed by atoms with Crippen LogP contribution >= 0.6 is 0 Å². The van der Waals surface area contributed by atoms with Crippen LogP contribution in [-0.2, 0) is 0 Å². The maximum atomic E-state index is 3.72. The van der Waals surface area contributed by atoms with E-state index in [1.165, 1.54) is 51.6 Å². The van der Waals surface area contributed by atoms with Crippen molar-refractivity contribution in [2.45, 2.75) is 72.3 Å². The molecular formula is C17H36N2. The number of rotatable bonds is 8. The van der Waals surface area contributed by atoms with E-state index in [0.29, 0.717) is 5.41 Å². The van der Waals surface area contributed by atoms with Gasteiger partial charge in [0.1, 0.15) is 0 Å². The summed E-state index contributed by atoms with van der Waals surface area (Å²) in [4.78, 5) is 2.56. The zero-order valence-electron chi connectivity index (χ0n) is 14.0. The fourth-order valence-electron chi connectivity index (χ4n) is 3.58. The molecule has 1 aliphatic carbocycles. The summed E-state index contributed by atoms with van der Waals surface area (Å²) in [7, 11) is 2.31. The van der Waals surface area contributed by atoms with Gasteiger partial charge in [-0.25, -0.2) is 0 Å². The lowest BCUT2D eigenvalue weighted by Crippen LogP contribution is -2.47. The van der Waals surface area contributed by atoms with Crippen LogP contribution in [0.25, 0.3) is 0 Å². The van der Waals surface area contributed by atoms with E-state index in [4.69, 9.17) is 0 Å². The van der Waals surface area contributed by atoms with E-state index in [2.05, 4.69) is 45.0 Å². The highest BCUT2D eigenvalue weighted by Gasteiger charge is 2.34. The SMILES string of the molecule is CCCCCN(C)CC1CC(C)(C)CCC1NCC. The van der Waals surface area contributed by atoms with Gasteiger partial charge in [-0.3, -0.25) is 0 Å². The van der Waals surface area contributed by atoms with Crippen molar-refractivity contribution in [1.82, 2.24) is 10.2 Å². The molecule has 114 valence electrons. The summed E-state index contributed by atoms with van der Waals surface area (Å²) >= 11 is 0. The number of hydrogen-bond donors (Lipinski definition) is 1. The molecule has 0 bridgehead atoms. The van der Waals surface area contributed by atoms with Crippen molar-refractivity contribution in [3.8, 4) is 0 Å². The Morgan fingerprint density at radius 2 is 1.95 bits per heavy atom. The van der Waals surface area contributed by atoms with Gasteiger partial charge in [-0.2, -0.15) is 0 Å². The largest absolute Gasteiger partial charge is 0.314 e. The van der Waals surface area contributed by atoms with E-state index in [1.807, 2.05) is 0 Å². The second-order valence-electron chi connectivity index (χ2n) is 7.30. The summed E-state index contributed by atoms with van der Waals surface area (Å²) in [5.74, 6) is 0.829. The highest BCUT2D eigenvalue weighted by atomic mass is 15.1. The molecule has 2 nitrogen and oxygen atoms in total. The minimum Gasteiger partial charge on any atom is -0.314 e. The molecule has 0 saturated heterocycles. The Morgan fingerprint density at radius 1 is 1.21 bits per heavy atom. The number of unbranched alkanes of at least 4 members (excludes halogenated alkanes) is 2. The van der Waals surface area contributed by atoms with Crippen LogP contribution in [0.2, 0.25) is 0 Å². The third kappa shape index (κ3) is 6.27. The minimum absolute atomic E-state index is 0.543. The van der Waals surface area contributed by atoms with Crippen molar-refractivity contribution in [3.63, 3.8) is 0 Å². The Kier molecular flexibility index (Phi) is 7.38. The second kappa shape index (κ2) is 8.26. The molecule has 0 aromatic rings. The molecule has 1 N–H and O–H groups in total. The molecule has 19 heavy (non-hydrogen) atoms. The summed E-state index contributed by atoms with van der Waals surface area (Å²) in [5.41, 5.74) is 0.543. The standard InChI is InChI=1S/C17H36N2/c1-6-8-9-12-19(5)14-15-13-17(3,4)11-10-16(15)18-7-2/h15-16,18H,6-14H2,1-5H3. The Bertz CT molecular complexity index is 237. The average Bonchev–Trinajstić information content (AvgIpc) is 2.32. The average molecular weight is 268 g/mol. The molecule has 2 atom stereocenters. The Balaban J connectivity index is 2.44. The zero-order valence-corrected chi connectivity index (χ0v) is 14.0. The van der Waals surface area contributed by atoms with Gasteiger partial charge in [-0.15, -0.1) is 0 Å². The molecule has 0 amide bonds. The predicted molar refractivity (Wildman–Crippen MR) is 85.6 cm³/mol. The molecule has 0 radical (unpaired) electrons. The molecule has 1 fully saturated rings. The van der Waals surface area contributed by atoms with E-state index in [-0.39, 0.29) is 0 Å². The molecule has 1 aliphatic rings. The fraction of sp³-hybridized carbons (Fsp3) is 1.00. The third-order valence-corrected chi connectivity index (χ3v) is 4.67. The lowest BCUT2D eigenvalue weighted by Gasteiger charge is -2.42. The van der Waals surface area contributed by atoms with E-state index < -0.39 is 0 Å². The van der Waals surface area contributed by atoms with Gasteiger partial charge in [0.25, 0.3) is 0 Å². The predicted octanol–water partition coefficient (Wildman–Crippen LogP) is 3.91. The highest BCUT2D eigenvalue weighted by molar-refractivity contribution is 4.89. The summed E-state index contributed by atoms with van der Waals surface area (Å²) in [6, 6.07) is 0.742. The van der Waals surface area contributed by atoms with Crippen molar-refractivity contribution < 1.29 is 0 Å². The van der Waals surface area contributed by atoms with Crippen molar-refractivity contribution in [1.29, 1.82) is 0 Å². The molecule has 1 saturated carbocycles. The smallest absolute Gasteiger partial charge is 0.0108 e. The van der Waals surface area contributed by atoms with Gasteiger partial charge >= 0.3 is 0 Å². The van der Waals surface area contributed by atoms with Crippen LogP contribution in [0.5, 0.6) is 0 Å². The monoisotopic (exact) mass is 268 g/mol. The normalized spacial score (nSPS) is 26.8. The zero-order chi connectivity index (χ0) is 14.3. The quantitative estimate of drug-likeness (QED) is 0.671. The van der Waals surface area contributed by atoms with E-state index in [9.17, 15) is 0 Å². The van der Waals surface area contributed by atoms with Gasteiger partial charge in [-0.1, -0.05) is 40.5 Å². The van der Waals surface area contributed by atoms with Crippen molar-refractivity contribution in [2.24, 2.45) is 11.3 Å². The summed E-state index contributed by atoms with van der Waals surface area (Å²) in [6.07, 6.45) is 8.16. The van der Waals surface area contributed by atoms with Gasteiger partial charge in [0.2, 0.25) is 0 Å². The fourth-order valence-corrected chi connectivity index (χ4v) is 3.58. The maximum absolute atomic E-state index is 3.72. The topological polar surface area (TPSA) is 15.3 Å². The van der Waals surface area contributed by atoms with Gasteiger partial charge < -0.3 is 10.2 Å². The van der Waals surface area contributed by atoms with Crippen LogP contribution in [-0.4, -0.2) is 37.6 Å². The molecule has 0 aromatic heterocycles. The molecule has 0 spiro atoms. The van der Waals surface area contributed by atoms with Crippen LogP contribution in [0.4, 0.5) is 0 Å². The number of nitrogens with one attached hydrogen (secondary N) is 1. The number of nitrogens with zero attached hydrogens (tertiary/aromatic N) is 1. The molecular weight excluding hydrogens is 232 g/mol. The third-order valence-electron chi connectivity index (χ3n) is 4.67. The van der Waals surface area contributed by atoms with Gasteiger partial charge in [0.15, 0.2) is 0 Å². The second-order valence-corrected chi connectivity index (χ2v) is 7.30. The van der Waals surface area contributed by atoms with Crippen molar-refractivity contribution in [3.05, 3.63) is 0 Å².